The molecule has 1 aromatic heterocycles. The Balaban J connectivity index is 2.11. The molecule has 1 aromatic rings. The van der Waals surface area contributed by atoms with E-state index >= 15 is 0 Å². The third-order valence-corrected chi connectivity index (χ3v) is 2.28. The molecule has 1 saturated heterocycles. The summed E-state index contributed by atoms with van der Waals surface area (Å²) < 4.78 is 10.4. The molecule has 0 aliphatic carbocycles. The summed E-state index contributed by atoms with van der Waals surface area (Å²) >= 11 is 11.5. The summed E-state index contributed by atoms with van der Waals surface area (Å²) in [5.74, 6) is 0. The SMILES string of the molecule is CCOC1OC1c1nnc(Cl)cc1Cl. The first-order chi connectivity index (χ1) is 6.72. The molecule has 0 aromatic carbocycles. The van der Waals surface area contributed by atoms with E-state index in [2.05, 4.69) is 10.2 Å². The van der Waals surface area contributed by atoms with Gasteiger partial charge >= 0.3 is 0 Å². The monoisotopic (exact) mass is 234 g/mol. The zero-order chi connectivity index (χ0) is 10.1. The van der Waals surface area contributed by atoms with E-state index in [0.29, 0.717) is 17.3 Å². The van der Waals surface area contributed by atoms with Gasteiger partial charge in [0.15, 0.2) is 17.5 Å². The van der Waals surface area contributed by atoms with Crippen LogP contribution in [0.15, 0.2) is 6.07 Å². The van der Waals surface area contributed by atoms with Crippen molar-refractivity contribution in [2.45, 2.75) is 19.3 Å². The highest BCUT2D eigenvalue weighted by atomic mass is 35.5. The van der Waals surface area contributed by atoms with Gasteiger partial charge in [-0.3, -0.25) is 0 Å². The second-order valence-corrected chi connectivity index (χ2v) is 3.58. The first kappa shape index (κ1) is 10.1. The molecular formula is C8H8Cl2N2O2. The van der Waals surface area contributed by atoms with Gasteiger partial charge in [0.05, 0.1) is 5.02 Å². The van der Waals surface area contributed by atoms with Crippen molar-refractivity contribution in [1.82, 2.24) is 10.2 Å². The lowest BCUT2D eigenvalue weighted by molar-refractivity contribution is 0.0593. The van der Waals surface area contributed by atoms with Crippen molar-refractivity contribution in [3.05, 3.63) is 21.9 Å². The van der Waals surface area contributed by atoms with Crippen LogP contribution in [0.1, 0.15) is 18.7 Å². The van der Waals surface area contributed by atoms with Crippen LogP contribution in [0.4, 0.5) is 0 Å². The van der Waals surface area contributed by atoms with Gasteiger partial charge in [0.2, 0.25) is 0 Å². The first-order valence-corrected chi connectivity index (χ1v) is 4.93. The van der Waals surface area contributed by atoms with Crippen molar-refractivity contribution >= 4 is 23.2 Å². The molecule has 1 aliphatic heterocycles. The Morgan fingerprint density at radius 2 is 2.29 bits per heavy atom. The molecule has 2 atom stereocenters. The molecule has 2 rings (SSSR count). The molecule has 1 fully saturated rings. The molecule has 6 heteroatoms. The largest absolute Gasteiger partial charge is 0.350 e. The number of rotatable bonds is 3. The van der Waals surface area contributed by atoms with Crippen LogP contribution < -0.4 is 0 Å². The fraction of sp³-hybridized carbons (Fsp3) is 0.500. The van der Waals surface area contributed by atoms with Gasteiger partial charge in [0, 0.05) is 6.61 Å². The summed E-state index contributed by atoms with van der Waals surface area (Å²) in [5, 5.41) is 8.27. The van der Waals surface area contributed by atoms with E-state index in [9.17, 15) is 0 Å². The van der Waals surface area contributed by atoms with E-state index in [1.165, 1.54) is 6.07 Å². The minimum Gasteiger partial charge on any atom is -0.350 e. The average Bonchev–Trinajstić information content (AvgIpc) is 2.84. The lowest BCUT2D eigenvalue weighted by atomic mass is 10.3. The van der Waals surface area contributed by atoms with Crippen LogP contribution in [0, 0.1) is 0 Å². The summed E-state index contributed by atoms with van der Waals surface area (Å²) in [7, 11) is 0. The number of ether oxygens (including phenoxy) is 2. The third kappa shape index (κ3) is 1.98. The van der Waals surface area contributed by atoms with E-state index in [4.69, 9.17) is 32.7 Å². The van der Waals surface area contributed by atoms with Crippen molar-refractivity contribution < 1.29 is 9.47 Å². The zero-order valence-corrected chi connectivity index (χ0v) is 8.92. The van der Waals surface area contributed by atoms with Crippen LogP contribution in [0.2, 0.25) is 10.2 Å². The number of hydrogen-bond acceptors (Lipinski definition) is 4. The highest BCUT2D eigenvalue weighted by molar-refractivity contribution is 6.34. The quantitative estimate of drug-likeness (QED) is 0.753. The molecule has 0 N–H and O–H groups in total. The highest BCUT2D eigenvalue weighted by Crippen LogP contribution is 2.41. The summed E-state index contributed by atoms with van der Waals surface area (Å²) in [6, 6.07) is 1.54. The summed E-state index contributed by atoms with van der Waals surface area (Å²) in [6.45, 7) is 2.49. The number of epoxide rings is 1. The van der Waals surface area contributed by atoms with Gasteiger partial charge in [0.25, 0.3) is 0 Å². The normalized spacial score (nSPS) is 25.1. The minimum atomic E-state index is -0.243. The van der Waals surface area contributed by atoms with Crippen LogP contribution in [0.25, 0.3) is 0 Å². The average molecular weight is 235 g/mol. The molecule has 0 amide bonds. The number of aromatic nitrogens is 2. The predicted octanol–water partition coefficient (Wildman–Crippen LogP) is 2.22. The Hall–Kier alpha value is -0.420. The third-order valence-electron chi connectivity index (χ3n) is 1.80. The maximum absolute atomic E-state index is 5.91. The van der Waals surface area contributed by atoms with Gasteiger partial charge in [-0.15, -0.1) is 10.2 Å². The van der Waals surface area contributed by atoms with Crippen LogP contribution in [-0.4, -0.2) is 23.1 Å². The molecule has 0 saturated carbocycles. The lowest BCUT2D eigenvalue weighted by Crippen LogP contribution is -1.99. The molecular weight excluding hydrogens is 227 g/mol. The molecule has 4 nitrogen and oxygen atoms in total. The van der Waals surface area contributed by atoms with Gasteiger partial charge in [-0.1, -0.05) is 23.2 Å². The lowest BCUT2D eigenvalue weighted by Gasteiger charge is -1.98. The molecule has 1 aliphatic rings. The zero-order valence-electron chi connectivity index (χ0n) is 7.41. The standard InChI is InChI=1S/C8H8Cl2N2O2/c1-2-13-8-7(14-8)6-4(9)3-5(10)11-12-6/h3,7-8H,2H2,1H3. The molecule has 14 heavy (non-hydrogen) atoms. The summed E-state index contributed by atoms with van der Waals surface area (Å²) in [5.41, 5.74) is 0.578. The fourth-order valence-corrected chi connectivity index (χ4v) is 1.58. The maximum atomic E-state index is 5.91. The van der Waals surface area contributed by atoms with E-state index in [0.717, 1.165) is 0 Å². The van der Waals surface area contributed by atoms with E-state index in [1.807, 2.05) is 6.92 Å². The molecule has 76 valence electrons. The van der Waals surface area contributed by atoms with Crippen LogP contribution in [0.5, 0.6) is 0 Å². The Labute approximate surface area is 91.1 Å². The molecule has 2 unspecified atom stereocenters. The van der Waals surface area contributed by atoms with Crippen molar-refractivity contribution in [2.24, 2.45) is 0 Å². The summed E-state index contributed by atoms with van der Waals surface area (Å²) in [4.78, 5) is 0. The second-order valence-electron chi connectivity index (χ2n) is 2.78. The number of halogens is 2. The molecule has 0 bridgehead atoms. The van der Waals surface area contributed by atoms with Gasteiger partial charge in [0.1, 0.15) is 5.69 Å². The van der Waals surface area contributed by atoms with Crippen molar-refractivity contribution in [3.8, 4) is 0 Å². The number of nitrogens with zero attached hydrogens (tertiary/aromatic N) is 2. The van der Waals surface area contributed by atoms with Crippen molar-refractivity contribution in [2.75, 3.05) is 6.61 Å². The fourth-order valence-electron chi connectivity index (χ4n) is 1.13. The van der Waals surface area contributed by atoms with Crippen LogP contribution in [0.3, 0.4) is 0 Å². The molecule has 0 radical (unpaired) electrons. The molecule has 2 heterocycles. The smallest absolute Gasteiger partial charge is 0.190 e. The van der Waals surface area contributed by atoms with E-state index < -0.39 is 0 Å². The predicted molar refractivity (Wildman–Crippen MR) is 51.3 cm³/mol. The van der Waals surface area contributed by atoms with Crippen molar-refractivity contribution in [1.29, 1.82) is 0 Å². The van der Waals surface area contributed by atoms with Gasteiger partial charge < -0.3 is 9.47 Å². The van der Waals surface area contributed by atoms with Crippen LogP contribution >= 0.6 is 23.2 Å². The number of hydrogen-bond donors (Lipinski definition) is 0. The molecule has 0 spiro atoms. The Morgan fingerprint density at radius 3 is 2.93 bits per heavy atom. The first-order valence-electron chi connectivity index (χ1n) is 4.18. The van der Waals surface area contributed by atoms with Gasteiger partial charge in [-0.25, -0.2) is 0 Å². The topological polar surface area (TPSA) is 47.5 Å². The van der Waals surface area contributed by atoms with E-state index in [-0.39, 0.29) is 17.5 Å². The highest BCUT2D eigenvalue weighted by Gasteiger charge is 2.44. The van der Waals surface area contributed by atoms with Gasteiger partial charge in [-0.05, 0) is 13.0 Å². The Kier molecular flexibility index (Phi) is 2.88. The van der Waals surface area contributed by atoms with E-state index in [1.54, 1.807) is 0 Å². The van der Waals surface area contributed by atoms with Crippen molar-refractivity contribution in [3.63, 3.8) is 0 Å². The van der Waals surface area contributed by atoms with Crippen LogP contribution in [-0.2, 0) is 9.47 Å². The minimum absolute atomic E-state index is 0.202. The second kappa shape index (κ2) is 3.98. The summed E-state index contributed by atoms with van der Waals surface area (Å²) in [6.07, 6.45) is -0.444. The maximum Gasteiger partial charge on any atom is 0.190 e. The Morgan fingerprint density at radius 1 is 1.50 bits per heavy atom. The Bertz CT molecular complexity index is 348. The van der Waals surface area contributed by atoms with Gasteiger partial charge in [-0.2, -0.15) is 0 Å².